The molecule has 2 heterocycles. The minimum absolute atomic E-state index is 0.0530. The highest BCUT2D eigenvalue weighted by Crippen LogP contribution is 2.35. The molecule has 0 bridgehead atoms. The summed E-state index contributed by atoms with van der Waals surface area (Å²) in [5, 5.41) is 6.83. The third-order valence-corrected chi connectivity index (χ3v) is 5.18. The first-order valence-electron chi connectivity index (χ1n) is 8.71. The van der Waals surface area contributed by atoms with Gasteiger partial charge in [-0.2, -0.15) is 0 Å². The molecule has 0 saturated carbocycles. The predicted octanol–water partition coefficient (Wildman–Crippen LogP) is 1.82. The standard InChI is InChI=1S/C18H24ClN3O3/c1-25-16-3-2-14(19)9-15(16)22-11-13(8-17(22)23)18(24)21-7-5-12-4-6-20-10-12/h2-3,9,12-13,20H,4-8,10-11H2,1H3,(H,21,24). The van der Waals surface area contributed by atoms with Crippen LogP contribution in [0, 0.1) is 11.8 Å². The van der Waals surface area contributed by atoms with Crippen molar-refractivity contribution in [3.63, 3.8) is 0 Å². The molecular formula is C18H24ClN3O3. The van der Waals surface area contributed by atoms with E-state index in [4.69, 9.17) is 16.3 Å². The van der Waals surface area contributed by atoms with Gasteiger partial charge in [-0.3, -0.25) is 9.59 Å². The van der Waals surface area contributed by atoms with Crippen molar-refractivity contribution in [3.8, 4) is 5.75 Å². The highest BCUT2D eigenvalue weighted by atomic mass is 35.5. The van der Waals surface area contributed by atoms with E-state index in [1.54, 1.807) is 30.2 Å². The molecule has 25 heavy (non-hydrogen) atoms. The number of hydrogen-bond acceptors (Lipinski definition) is 4. The molecule has 3 rings (SSSR count). The molecule has 2 N–H and O–H groups in total. The Morgan fingerprint density at radius 1 is 1.48 bits per heavy atom. The Morgan fingerprint density at radius 2 is 2.32 bits per heavy atom. The summed E-state index contributed by atoms with van der Waals surface area (Å²) in [5.74, 6) is 0.742. The van der Waals surface area contributed by atoms with Crippen LogP contribution >= 0.6 is 11.6 Å². The van der Waals surface area contributed by atoms with E-state index in [0.29, 0.717) is 35.5 Å². The zero-order valence-corrected chi connectivity index (χ0v) is 15.1. The maximum atomic E-state index is 12.4. The topological polar surface area (TPSA) is 70.7 Å². The first kappa shape index (κ1) is 18.0. The average Bonchev–Trinajstić information content (AvgIpc) is 3.24. The van der Waals surface area contributed by atoms with Crippen LogP contribution in [0.2, 0.25) is 5.02 Å². The molecule has 0 radical (unpaired) electrons. The van der Waals surface area contributed by atoms with Crippen LogP contribution in [0.4, 0.5) is 5.69 Å². The van der Waals surface area contributed by atoms with E-state index < -0.39 is 0 Å². The zero-order valence-electron chi connectivity index (χ0n) is 14.4. The Labute approximate surface area is 152 Å². The van der Waals surface area contributed by atoms with Crippen LogP contribution in [0.1, 0.15) is 19.3 Å². The van der Waals surface area contributed by atoms with Gasteiger partial charge in [0.2, 0.25) is 11.8 Å². The van der Waals surface area contributed by atoms with Crippen molar-refractivity contribution in [1.82, 2.24) is 10.6 Å². The summed E-state index contributed by atoms with van der Waals surface area (Å²) in [4.78, 5) is 26.4. The number of carbonyl (C=O) groups excluding carboxylic acids is 2. The lowest BCUT2D eigenvalue weighted by Gasteiger charge is -2.20. The van der Waals surface area contributed by atoms with Gasteiger partial charge in [-0.1, -0.05) is 11.6 Å². The van der Waals surface area contributed by atoms with Crippen LogP contribution < -0.4 is 20.3 Å². The van der Waals surface area contributed by atoms with Gasteiger partial charge < -0.3 is 20.3 Å². The van der Waals surface area contributed by atoms with Crippen molar-refractivity contribution in [3.05, 3.63) is 23.2 Å². The van der Waals surface area contributed by atoms with Gasteiger partial charge in [0.05, 0.1) is 18.7 Å². The minimum atomic E-state index is -0.335. The molecule has 1 aromatic rings. The first-order chi connectivity index (χ1) is 12.1. The monoisotopic (exact) mass is 365 g/mol. The third kappa shape index (κ3) is 4.25. The van der Waals surface area contributed by atoms with Gasteiger partial charge in [0.1, 0.15) is 5.75 Å². The summed E-state index contributed by atoms with van der Waals surface area (Å²) in [5.41, 5.74) is 0.618. The molecule has 6 nitrogen and oxygen atoms in total. The molecule has 2 aliphatic heterocycles. The van der Waals surface area contributed by atoms with Gasteiger partial charge in [-0.15, -0.1) is 0 Å². The largest absolute Gasteiger partial charge is 0.495 e. The lowest BCUT2D eigenvalue weighted by atomic mass is 10.0. The van der Waals surface area contributed by atoms with Crippen molar-refractivity contribution >= 4 is 29.1 Å². The number of nitrogens with one attached hydrogen (secondary N) is 2. The molecule has 2 aliphatic rings. The van der Waals surface area contributed by atoms with E-state index in [2.05, 4.69) is 10.6 Å². The minimum Gasteiger partial charge on any atom is -0.495 e. The molecule has 0 aliphatic carbocycles. The van der Waals surface area contributed by atoms with Crippen LogP contribution in [0.15, 0.2) is 18.2 Å². The third-order valence-electron chi connectivity index (χ3n) is 4.94. The fraction of sp³-hybridized carbons (Fsp3) is 0.556. The Balaban J connectivity index is 1.58. The fourth-order valence-corrected chi connectivity index (χ4v) is 3.66. The average molecular weight is 366 g/mol. The zero-order chi connectivity index (χ0) is 17.8. The number of rotatable bonds is 6. The SMILES string of the molecule is COc1ccc(Cl)cc1N1CC(C(=O)NCCC2CCNC2)CC1=O. The van der Waals surface area contributed by atoms with Crippen molar-refractivity contribution in [2.75, 3.05) is 38.2 Å². The Hall–Kier alpha value is -1.79. The lowest BCUT2D eigenvalue weighted by Crippen LogP contribution is -2.34. The molecule has 1 aromatic carbocycles. The maximum absolute atomic E-state index is 12.4. The number of methoxy groups -OCH3 is 1. The fourth-order valence-electron chi connectivity index (χ4n) is 3.49. The summed E-state index contributed by atoms with van der Waals surface area (Å²) >= 11 is 6.05. The van der Waals surface area contributed by atoms with Crippen molar-refractivity contribution in [2.24, 2.45) is 11.8 Å². The van der Waals surface area contributed by atoms with Crippen LogP contribution in [-0.4, -0.2) is 45.1 Å². The number of nitrogens with zero attached hydrogens (tertiary/aromatic N) is 1. The van der Waals surface area contributed by atoms with Gasteiger partial charge in [0, 0.05) is 24.5 Å². The van der Waals surface area contributed by atoms with Gasteiger partial charge in [0.25, 0.3) is 0 Å². The van der Waals surface area contributed by atoms with E-state index in [0.717, 1.165) is 19.5 Å². The highest BCUT2D eigenvalue weighted by molar-refractivity contribution is 6.31. The van der Waals surface area contributed by atoms with Crippen LogP contribution in [0.5, 0.6) is 5.75 Å². The van der Waals surface area contributed by atoms with Crippen molar-refractivity contribution in [2.45, 2.75) is 19.3 Å². The smallest absolute Gasteiger partial charge is 0.227 e. The number of ether oxygens (including phenoxy) is 1. The normalized spacial score (nSPS) is 23.1. The number of halogens is 1. The first-order valence-corrected chi connectivity index (χ1v) is 9.08. The van der Waals surface area contributed by atoms with E-state index in [-0.39, 0.29) is 24.2 Å². The molecule has 0 spiro atoms. The maximum Gasteiger partial charge on any atom is 0.227 e. The Bertz CT molecular complexity index is 646. The van der Waals surface area contributed by atoms with Crippen LogP contribution in [0.3, 0.4) is 0 Å². The number of hydrogen-bond donors (Lipinski definition) is 2. The van der Waals surface area contributed by atoms with Crippen LogP contribution in [-0.2, 0) is 9.59 Å². The predicted molar refractivity (Wildman–Crippen MR) is 97.1 cm³/mol. The molecule has 2 amide bonds. The molecule has 136 valence electrons. The number of anilines is 1. The molecule has 2 unspecified atom stereocenters. The number of amides is 2. The van der Waals surface area contributed by atoms with Gasteiger partial charge in [-0.25, -0.2) is 0 Å². The van der Waals surface area contributed by atoms with Crippen molar-refractivity contribution in [1.29, 1.82) is 0 Å². The molecule has 2 fully saturated rings. The van der Waals surface area contributed by atoms with E-state index in [1.165, 1.54) is 6.42 Å². The Kier molecular flexibility index (Phi) is 5.81. The Morgan fingerprint density at radius 3 is 3.04 bits per heavy atom. The highest BCUT2D eigenvalue weighted by Gasteiger charge is 2.36. The van der Waals surface area contributed by atoms with Gasteiger partial charge in [0.15, 0.2) is 0 Å². The molecule has 7 heteroatoms. The second kappa shape index (κ2) is 8.06. The summed E-state index contributed by atoms with van der Waals surface area (Å²) in [6.07, 6.45) is 2.36. The number of carbonyl (C=O) groups is 2. The van der Waals surface area contributed by atoms with E-state index in [9.17, 15) is 9.59 Å². The summed E-state index contributed by atoms with van der Waals surface area (Å²) in [6.45, 7) is 3.11. The second-order valence-electron chi connectivity index (χ2n) is 6.66. The van der Waals surface area contributed by atoms with Gasteiger partial charge >= 0.3 is 0 Å². The molecule has 2 saturated heterocycles. The molecule has 0 aromatic heterocycles. The summed E-state index contributed by atoms with van der Waals surface area (Å²) < 4.78 is 5.32. The quantitative estimate of drug-likeness (QED) is 0.806. The van der Waals surface area contributed by atoms with Gasteiger partial charge in [-0.05, 0) is 50.0 Å². The van der Waals surface area contributed by atoms with Crippen LogP contribution in [0.25, 0.3) is 0 Å². The second-order valence-corrected chi connectivity index (χ2v) is 7.10. The molecular weight excluding hydrogens is 342 g/mol. The summed E-state index contributed by atoms with van der Waals surface area (Å²) in [6, 6.07) is 5.14. The molecule has 2 atom stereocenters. The number of benzene rings is 1. The lowest BCUT2D eigenvalue weighted by molar-refractivity contribution is -0.126. The summed E-state index contributed by atoms with van der Waals surface area (Å²) in [7, 11) is 1.55. The van der Waals surface area contributed by atoms with E-state index in [1.807, 2.05) is 0 Å². The van der Waals surface area contributed by atoms with E-state index >= 15 is 0 Å². The van der Waals surface area contributed by atoms with Crippen molar-refractivity contribution < 1.29 is 14.3 Å².